The lowest BCUT2D eigenvalue weighted by molar-refractivity contribution is 0.130. The zero-order chi connectivity index (χ0) is 106. The fraction of sp³-hybridized carbons (Fsp3) is 0.312. The second-order valence-electron chi connectivity index (χ2n) is 34.6. The molecule has 0 aliphatic heterocycles. The van der Waals surface area contributed by atoms with Gasteiger partial charge in [0.15, 0.2) is 0 Å². The number of nitrogens with one attached hydrogen (secondary N) is 3. The maximum atomic E-state index is 12.5. The van der Waals surface area contributed by atoms with Crippen molar-refractivity contribution in [3.8, 4) is 115 Å². The van der Waals surface area contributed by atoms with E-state index in [-0.39, 0.29) is 24.2 Å². The van der Waals surface area contributed by atoms with Crippen molar-refractivity contribution in [1.29, 1.82) is 26.3 Å². The van der Waals surface area contributed by atoms with Crippen molar-refractivity contribution in [2.45, 2.75) is 159 Å². The topological polar surface area (TPSA) is 387 Å². The standard InChI is InChI=1S/C23H27N3O3S.C23H25N3O3.C22H22FN3O3.2C22H25N3O3S/c1-6-13-26-22-14-19(29-5)11-12-20(22)21(15-24)23(26)17-7-9-18(10-8-17)25(4)30(27,28)16(2)3;1-5-12-26-21-13-18(28-4)10-11-19(21)20(14-24)22(26)16-6-8-17(9-7-16)25-23(27)29-15(2)3;1-3-11-26-20-13-17(28-2)8-9-18(20)19(14-24)21(26)15-4-6-16(7-5-15)25-22(27)29-12-10-23;1-5-13-25-21-14-18(28-4)11-12-19(21)20(15-23)22(25)16-7-9-17(10-8-16)24(3)29(26,27)6-2;1-4-11-25-21-14-18(28-3)9-10-19(21)20(15-23)22(25)16-7-6-8-17(13-16)24-29(26,27)12-5-2/h7-12,14,16H,6,13H2,1-5H3;6-11,13,15H,5,12H2,1-4H3,(H,25,27);4-9,13H,3,10-12H2,1-2H3,(H,25,27);7-12,14H,5-6,13H2,1-4H3;6-10,13-14,24H,4-5,11-12H2,1-3H3. The number of methoxy groups -OCH3 is 5. The monoisotopic (exact) mass is 2030 g/mol. The van der Waals surface area contributed by atoms with Gasteiger partial charge in [-0.3, -0.25) is 24.0 Å². The van der Waals surface area contributed by atoms with E-state index in [9.17, 15) is 65.5 Å². The van der Waals surface area contributed by atoms with Crippen molar-refractivity contribution in [2.24, 2.45) is 0 Å². The van der Waals surface area contributed by atoms with Crippen LogP contribution in [0.3, 0.4) is 0 Å². The molecule has 15 rings (SSSR count). The number of alkyl halides is 1. The van der Waals surface area contributed by atoms with Crippen LogP contribution in [-0.2, 0) is 72.3 Å². The number of amides is 2. The molecule has 10 aromatic carbocycles. The minimum absolute atomic E-state index is 0.0381. The van der Waals surface area contributed by atoms with Crippen LogP contribution >= 0.6 is 0 Å². The van der Waals surface area contributed by atoms with Crippen LogP contribution in [0.15, 0.2) is 212 Å². The molecule has 0 aliphatic rings. The minimum Gasteiger partial charge on any atom is -0.497 e. The summed E-state index contributed by atoms with van der Waals surface area (Å²) in [6, 6.07) is 76.7. The van der Waals surface area contributed by atoms with Crippen LogP contribution in [0.2, 0.25) is 0 Å². The highest BCUT2D eigenvalue weighted by atomic mass is 32.2. The lowest BCUT2D eigenvalue weighted by Gasteiger charge is -2.22. The molecular formula is C112H124FN15O15S3. The number of sulfonamides is 3. The summed E-state index contributed by atoms with van der Waals surface area (Å²) in [7, 11) is 1.11. The Labute approximate surface area is 853 Å². The van der Waals surface area contributed by atoms with Crippen LogP contribution in [0.4, 0.5) is 42.4 Å². The van der Waals surface area contributed by atoms with E-state index in [1.165, 1.54) is 8.61 Å². The van der Waals surface area contributed by atoms with Crippen molar-refractivity contribution in [3.63, 3.8) is 0 Å². The van der Waals surface area contributed by atoms with Gasteiger partial charge in [-0.1, -0.05) is 102 Å². The molecule has 0 saturated heterocycles. The van der Waals surface area contributed by atoms with Crippen molar-refractivity contribution in [2.75, 3.05) is 98.4 Å². The number of nitrogens with zero attached hydrogens (tertiary/aromatic N) is 12. The molecule has 0 atom stereocenters. The van der Waals surface area contributed by atoms with E-state index >= 15 is 0 Å². The van der Waals surface area contributed by atoms with Gasteiger partial charge in [0.25, 0.3) is 0 Å². The van der Waals surface area contributed by atoms with E-state index in [0.29, 0.717) is 62.7 Å². The summed E-state index contributed by atoms with van der Waals surface area (Å²) in [6.07, 6.45) is 3.70. The maximum Gasteiger partial charge on any atom is 0.411 e. The van der Waals surface area contributed by atoms with Crippen LogP contribution in [0, 0.1) is 56.7 Å². The number of carbonyl (C=O) groups excluding carboxylic acids is 2. The molecule has 15 aromatic rings. The first kappa shape index (κ1) is 110. The highest BCUT2D eigenvalue weighted by molar-refractivity contribution is 7.93. The molecule has 0 aliphatic carbocycles. The summed E-state index contributed by atoms with van der Waals surface area (Å²) in [5, 5.41) is 58.6. The predicted octanol–water partition coefficient (Wildman–Crippen LogP) is 24.6. The molecule has 0 spiro atoms. The summed E-state index contributed by atoms with van der Waals surface area (Å²) in [5.74, 6) is 3.80. The van der Waals surface area contributed by atoms with Gasteiger partial charge in [-0.25, -0.2) is 39.2 Å². The number of rotatable bonds is 35. The Morgan fingerprint density at radius 1 is 0.370 bits per heavy atom. The second kappa shape index (κ2) is 50.3. The van der Waals surface area contributed by atoms with Gasteiger partial charge < -0.3 is 56.0 Å². The number of halogens is 1. The van der Waals surface area contributed by atoms with Gasteiger partial charge in [-0.2, -0.15) is 26.3 Å². The Balaban J connectivity index is 0.000000174. The maximum absolute atomic E-state index is 12.5. The predicted molar refractivity (Wildman–Crippen MR) is 579 cm³/mol. The Morgan fingerprint density at radius 2 is 0.664 bits per heavy atom. The average molecular weight is 2040 g/mol. The molecule has 0 bridgehead atoms. The van der Waals surface area contributed by atoms with Gasteiger partial charge in [0.05, 0.1) is 154 Å². The molecule has 146 heavy (non-hydrogen) atoms. The van der Waals surface area contributed by atoms with E-state index in [1.54, 1.807) is 139 Å². The molecule has 0 unspecified atom stereocenters. The number of fused-ring (bicyclic) bond motifs is 5. The largest absolute Gasteiger partial charge is 0.497 e. The number of hydrogen-bond acceptors (Lipinski definition) is 20. The Bertz CT molecular complexity index is 7790. The van der Waals surface area contributed by atoms with Crippen LogP contribution in [0.5, 0.6) is 28.7 Å². The minimum atomic E-state index is -3.40. The van der Waals surface area contributed by atoms with E-state index in [0.717, 1.165) is 204 Å². The van der Waals surface area contributed by atoms with Gasteiger partial charge >= 0.3 is 12.2 Å². The number of nitriles is 5. The average Bonchev–Trinajstić information content (AvgIpc) is 1.59. The number of ether oxygens (including phenoxy) is 7. The van der Waals surface area contributed by atoms with E-state index in [2.05, 4.69) is 108 Å². The van der Waals surface area contributed by atoms with E-state index < -0.39 is 54.2 Å². The highest BCUT2D eigenvalue weighted by Gasteiger charge is 2.29. The number of anilines is 5. The van der Waals surface area contributed by atoms with Crippen LogP contribution in [-0.4, -0.2) is 146 Å². The first-order chi connectivity index (χ1) is 70.2. The Kier molecular flexibility index (Phi) is 38.1. The van der Waals surface area contributed by atoms with E-state index in [4.69, 9.17) is 28.4 Å². The van der Waals surface area contributed by atoms with Gasteiger partial charge in [0.2, 0.25) is 30.1 Å². The summed E-state index contributed by atoms with van der Waals surface area (Å²) >= 11 is 0. The summed E-state index contributed by atoms with van der Waals surface area (Å²) in [6.45, 7) is 23.6. The van der Waals surface area contributed by atoms with Crippen molar-refractivity contribution < 1.29 is 72.4 Å². The fourth-order valence-electron chi connectivity index (χ4n) is 17.4. The number of carbonyl (C=O) groups is 2. The second-order valence-corrected chi connectivity index (χ2v) is 41.2. The molecular weight excluding hydrogens is 1910 g/mol. The molecule has 5 heterocycles. The SMILES string of the molecule is CCCn1c(-c2ccc(N(C)S(=O)(=O)C(C)C)cc2)c(C#N)c2ccc(OC)cc21.CCCn1c(-c2ccc(N(C)S(=O)(=O)CC)cc2)c(C#N)c2ccc(OC)cc21.CCCn1c(-c2ccc(NC(=O)OC(C)C)cc2)c(C#N)c2ccc(OC)cc21.CCCn1c(-c2ccc(NC(=O)OCCF)cc2)c(C#N)c2ccc(OC)cc21.CCCn1c(-c2cccc(NS(=O)(=O)CCC)c2)c(C#N)c2ccc(OC)cc21. The molecule has 0 fully saturated rings. The third-order valence-electron chi connectivity index (χ3n) is 24.3. The van der Waals surface area contributed by atoms with Gasteiger partial charge in [-0.05, 0) is 217 Å². The lowest BCUT2D eigenvalue weighted by Crippen LogP contribution is -2.32. The van der Waals surface area contributed by atoms with E-state index in [1.807, 2.05) is 165 Å². The number of aryl methyl sites for hydroxylation is 5. The molecule has 34 heteroatoms. The first-order valence-electron chi connectivity index (χ1n) is 48.1. The number of aromatic nitrogens is 5. The zero-order valence-corrected chi connectivity index (χ0v) is 88.0. The fourth-order valence-corrected chi connectivity index (χ4v) is 20.4. The van der Waals surface area contributed by atoms with Crippen LogP contribution in [0.1, 0.15) is 143 Å². The Hall–Kier alpha value is -15.9. The normalized spacial score (nSPS) is 11.2. The Morgan fingerprint density at radius 3 is 0.932 bits per heavy atom. The number of hydrogen-bond donors (Lipinski definition) is 3. The highest BCUT2D eigenvalue weighted by Crippen LogP contribution is 2.44. The van der Waals surface area contributed by atoms with Crippen molar-refractivity contribution in [1.82, 2.24) is 22.8 Å². The summed E-state index contributed by atoms with van der Waals surface area (Å²) in [4.78, 5) is 23.4. The van der Waals surface area contributed by atoms with Crippen molar-refractivity contribution >= 4 is 125 Å². The molecule has 2 amide bonds. The quantitative estimate of drug-likeness (QED) is 0.0332. The summed E-state index contributed by atoms with van der Waals surface area (Å²) < 4.78 is 138. The van der Waals surface area contributed by atoms with Crippen LogP contribution in [0.25, 0.3) is 111 Å². The van der Waals surface area contributed by atoms with Crippen molar-refractivity contribution in [3.05, 3.63) is 240 Å². The lowest BCUT2D eigenvalue weighted by atomic mass is 10.1. The summed E-state index contributed by atoms with van der Waals surface area (Å²) in [5.41, 5.74) is 19.0. The molecule has 30 nitrogen and oxygen atoms in total. The number of benzene rings is 10. The zero-order valence-electron chi connectivity index (χ0n) is 85.6. The van der Waals surface area contributed by atoms with Crippen LogP contribution < -0.4 is 47.7 Å². The molecule has 0 saturated carbocycles. The van der Waals surface area contributed by atoms with Gasteiger partial charge in [0, 0.05) is 127 Å². The van der Waals surface area contributed by atoms with Gasteiger partial charge in [0.1, 0.15) is 72.4 Å². The molecule has 5 aromatic heterocycles. The molecule has 0 radical (unpaired) electrons. The molecule has 3 N–H and O–H groups in total. The third kappa shape index (κ3) is 24.9. The third-order valence-corrected chi connectivity index (χ3v) is 29.7. The molecule has 762 valence electrons. The smallest absolute Gasteiger partial charge is 0.411 e. The first-order valence-corrected chi connectivity index (χ1v) is 52.9. The van der Waals surface area contributed by atoms with Gasteiger partial charge in [-0.15, -0.1) is 0 Å².